The lowest BCUT2D eigenvalue weighted by Crippen LogP contribution is -2.23. The van der Waals surface area contributed by atoms with Crippen LogP contribution in [0.15, 0.2) is 36.5 Å². The van der Waals surface area contributed by atoms with Gasteiger partial charge in [0.1, 0.15) is 5.15 Å². The van der Waals surface area contributed by atoms with E-state index in [-0.39, 0.29) is 5.91 Å². The normalized spacial score (nSPS) is 10.1. The molecule has 18 heavy (non-hydrogen) atoms. The van der Waals surface area contributed by atoms with Crippen molar-refractivity contribution in [3.8, 4) is 0 Å². The summed E-state index contributed by atoms with van der Waals surface area (Å²) in [6.07, 6.45) is 1.50. The minimum Gasteiger partial charge on any atom is -0.346 e. The Morgan fingerprint density at radius 3 is 2.94 bits per heavy atom. The van der Waals surface area contributed by atoms with Crippen LogP contribution in [0.4, 0.5) is 0 Å². The smallest absolute Gasteiger partial charge is 0.251 e. The van der Waals surface area contributed by atoms with Gasteiger partial charge in [0.2, 0.25) is 0 Å². The van der Waals surface area contributed by atoms with Gasteiger partial charge in [0.05, 0.1) is 12.2 Å². The summed E-state index contributed by atoms with van der Waals surface area (Å²) >= 11 is 5.72. The number of aryl methyl sites for hydroxylation is 1. The molecule has 2 aromatic rings. The molecule has 0 radical (unpaired) electrons. The number of carbonyl (C=O) groups is 1. The molecule has 1 N–H and O–H groups in total. The Balaban J connectivity index is 2.00. The van der Waals surface area contributed by atoms with Crippen molar-refractivity contribution >= 4 is 17.5 Å². The number of hydrogen-bond acceptors (Lipinski definition) is 3. The zero-order valence-corrected chi connectivity index (χ0v) is 10.6. The topological polar surface area (TPSA) is 54.9 Å². The van der Waals surface area contributed by atoms with Gasteiger partial charge in [0.15, 0.2) is 0 Å². The summed E-state index contributed by atoms with van der Waals surface area (Å²) < 4.78 is 0. The molecule has 92 valence electrons. The molecule has 0 aliphatic heterocycles. The SMILES string of the molecule is Cc1cccc(CNC(=O)c2ccnc(Cl)c2)n1. The first kappa shape index (κ1) is 12.5. The van der Waals surface area contributed by atoms with Gasteiger partial charge in [0, 0.05) is 17.5 Å². The molecule has 0 atom stereocenters. The molecule has 0 aliphatic carbocycles. The molecule has 0 saturated heterocycles. The van der Waals surface area contributed by atoms with Gasteiger partial charge in [0.25, 0.3) is 5.91 Å². The van der Waals surface area contributed by atoms with Gasteiger partial charge < -0.3 is 5.32 Å². The number of nitrogens with zero attached hydrogens (tertiary/aromatic N) is 2. The van der Waals surface area contributed by atoms with Gasteiger partial charge in [-0.05, 0) is 31.2 Å². The lowest BCUT2D eigenvalue weighted by atomic mass is 10.2. The molecule has 0 fully saturated rings. The van der Waals surface area contributed by atoms with Gasteiger partial charge >= 0.3 is 0 Å². The first-order valence-electron chi connectivity index (χ1n) is 5.47. The van der Waals surface area contributed by atoms with Gasteiger partial charge in [-0.25, -0.2) is 4.98 Å². The fourth-order valence-electron chi connectivity index (χ4n) is 1.51. The maximum Gasteiger partial charge on any atom is 0.251 e. The maximum absolute atomic E-state index is 11.8. The van der Waals surface area contributed by atoms with Crippen LogP contribution in [0.25, 0.3) is 0 Å². The second-order valence-corrected chi connectivity index (χ2v) is 4.21. The molecule has 0 saturated carbocycles. The van der Waals surface area contributed by atoms with Crippen molar-refractivity contribution in [1.29, 1.82) is 0 Å². The molecule has 1 amide bonds. The Hall–Kier alpha value is -1.94. The Morgan fingerprint density at radius 2 is 2.22 bits per heavy atom. The van der Waals surface area contributed by atoms with Crippen molar-refractivity contribution in [2.24, 2.45) is 0 Å². The number of hydrogen-bond donors (Lipinski definition) is 1. The number of nitrogens with one attached hydrogen (secondary N) is 1. The number of carbonyl (C=O) groups excluding carboxylic acids is 1. The third kappa shape index (κ3) is 3.28. The summed E-state index contributed by atoms with van der Waals surface area (Å²) in [4.78, 5) is 20.0. The monoisotopic (exact) mass is 261 g/mol. The first-order chi connectivity index (χ1) is 8.65. The molecule has 0 spiro atoms. The van der Waals surface area contributed by atoms with E-state index in [1.807, 2.05) is 25.1 Å². The van der Waals surface area contributed by atoms with Crippen molar-refractivity contribution in [1.82, 2.24) is 15.3 Å². The number of halogens is 1. The van der Waals surface area contributed by atoms with Crippen LogP contribution < -0.4 is 5.32 Å². The molecule has 0 aliphatic rings. The molecule has 5 heteroatoms. The van der Waals surface area contributed by atoms with Crippen LogP contribution in [-0.2, 0) is 6.54 Å². The highest BCUT2D eigenvalue weighted by Crippen LogP contribution is 2.07. The Labute approximate surface area is 110 Å². The molecular weight excluding hydrogens is 250 g/mol. The Morgan fingerprint density at radius 1 is 1.39 bits per heavy atom. The van der Waals surface area contributed by atoms with Crippen molar-refractivity contribution in [2.45, 2.75) is 13.5 Å². The third-order valence-electron chi connectivity index (χ3n) is 2.36. The fraction of sp³-hybridized carbons (Fsp3) is 0.154. The standard InChI is InChI=1S/C13H12ClN3O/c1-9-3-2-4-11(17-9)8-16-13(18)10-5-6-15-12(14)7-10/h2-7H,8H2,1H3,(H,16,18). The number of aromatic nitrogens is 2. The zero-order valence-electron chi connectivity index (χ0n) is 9.85. The Bertz CT molecular complexity index is 572. The Kier molecular flexibility index (Phi) is 3.89. The van der Waals surface area contributed by atoms with E-state index in [1.54, 1.807) is 6.07 Å². The lowest BCUT2D eigenvalue weighted by molar-refractivity contribution is 0.0950. The summed E-state index contributed by atoms with van der Waals surface area (Å²) in [7, 11) is 0. The summed E-state index contributed by atoms with van der Waals surface area (Å²) in [5.74, 6) is -0.192. The van der Waals surface area contributed by atoms with Gasteiger partial charge in [-0.15, -0.1) is 0 Å². The summed E-state index contributed by atoms with van der Waals surface area (Å²) in [6, 6.07) is 8.83. The van der Waals surface area contributed by atoms with Crippen LogP contribution in [0.2, 0.25) is 5.15 Å². The van der Waals surface area contributed by atoms with Crippen molar-refractivity contribution in [2.75, 3.05) is 0 Å². The minimum absolute atomic E-state index is 0.192. The van der Waals surface area contributed by atoms with Gasteiger partial charge in [-0.1, -0.05) is 17.7 Å². The lowest BCUT2D eigenvalue weighted by Gasteiger charge is -2.05. The highest BCUT2D eigenvalue weighted by atomic mass is 35.5. The van der Waals surface area contributed by atoms with Crippen LogP contribution in [0, 0.1) is 6.92 Å². The maximum atomic E-state index is 11.8. The molecule has 0 aromatic carbocycles. The third-order valence-corrected chi connectivity index (χ3v) is 2.57. The number of amides is 1. The van der Waals surface area contributed by atoms with E-state index in [0.717, 1.165) is 11.4 Å². The second-order valence-electron chi connectivity index (χ2n) is 3.82. The van der Waals surface area contributed by atoms with E-state index in [0.29, 0.717) is 17.3 Å². The summed E-state index contributed by atoms with van der Waals surface area (Å²) in [6.45, 7) is 2.30. The van der Waals surface area contributed by atoms with E-state index in [2.05, 4.69) is 15.3 Å². The summed E-state index contributed by atoms with van der Waals surface area (Å²) in [5, 5.41) is 3.08. The van der Waals surface area contributed by atoms with Gasteiger partial charge in [-0.3, -0.25) is 9.78 Å². The largest absolute Gasteiger partial charge is 0.346 e. The average molecular weight is 262 g/mol. The zero-order chi connectivity index (χ0) is 13.0. The van der Waals surface area contributed by atoms with E-state index >= 15 is 0 Å². The van der Waals surface area contributed by atoms with E-state index < -0.39 is 0 Å². The molecule has 2 heterocycles. The molecule has 0 bridgehead atoms. The molecule has 0 unspecified atom stereocenters. The molecular formula is C13H12ClN3O. The van der Waals surface area contributed by atoms with Crippen molar-refractivity contribution < 1.29 is 4.79 Å². The molecule has 4 nitrogen and oxygen atoms in total. The summed E-state index contributed by atoms with van der Waals surface area (Å²) in [5.41, 5.74) is 2.24. The van der Waals surface area contributed by atoms with E-state index in [1.165, 1.54) is 12.3 Å². The van der Waals surface area contributed by atoms with E-state index in [4.69, 9.17) is 11.6 Å². The predicted octanol–water partition coefficient (Wildman–Crippen LogP) is 2.37. The van der Waals surface area contributed by atoms with Crippen LogP contribution in [0.3, 0.4) is 0 Å². The number of pyridine rings is 2. The minimum atomic E-state index is -0.192. The molecule has 2 aromatic heterocycles. The first-order valence-corrected chi connectivity index (χ1v) is 5.85. The fourth-order valence-corrected chi connectivity index (χ4v) is 1.69. The highest BCUT2D eigenvalue weighted by molar-refractivity contribution is 6.29. The van der Waals surface area contributed by atoms with Crippen molar-refractivity contribution in [3.63, 3.8) is 0 Å². The van der Waals surface area contributed by atoms with E-state index in [9.17, 15) is 4.79 Å². The van der Waals surface area contributed by atoms with Crippen LogP contribution in [0.1, 0.15) is 21.7 Å². The average Bonchev–Trinajstić information content (AvgIpc) is 2.36. The predicted molar refractivity (Wildman–Crippen MR) is 69.4 cm³/mol. The second kappa shape index (κ2) is 5.60. The van der Waals surface area contributed by atoms with Crippen LogP contribution in [0.5, 0.6) is 0 Å². The van der Waals surface area contributed by atoms with Gasteiger partial charge in [-0.2, -0.15) is 0 Å². The van der Waals surface area contributed by atoms with Crippen molar-refractivity contribution in [3.05, 3.63) is 58.6 Å². The van der Waals surface area contributed by atoms with Crippen LogP contribution >= 0.6 is 11.6 Å². The number of rotatable bonds is 3. The highest BCUT2D eigenvalue weighted by Gasteiger charge is 2.06. The van der Waals surface area contributed by atoms with Crippen LogP contribution in [-0.4, -0.2) is 15.9 Å². The quantitative estimate of drug-likeness (QED) is 0.863. The molecule has 2 rings (SSSR count).